The third-order valence-corrected chi connectivity index (χ3v) is 4.06. The maximum Gasteiger partial charge on any atom is 0.100 e. The third kappa shape index (κ3) is 1.97. The van der Waals surface area contributed by atoms with Crippen molar-refractivity contribution in [1.82, 2.24) is 15.0 Å². The normalized spacial score (nSPS) is 15.7. The van der Waals surface area contributed by atoms with E-state index in [1.54, 1.807) is 0 Å². The highest BCUT2D eigenvalue weighted by Crippen LogP contribution is 2.38. The average Bonchev–Trinajstić information content (AvgIpc) is 2.72. The Labute approximate surface area is 114 Å². The van der Waals surface area contributed by atoms with E-state index in [-0.39, 0.29) is 0 Å². The van der Waals surface area contributed by atoms with Crippen molar-refractivity contribution in [2.24, 2.45) is 5.73 Å². The molecule has 0 radical (unpaired) electrons. The zero-order chi connectivity index (χ0) is 12.5. The van der Waals surface area contributed by atoms with Crippen LogP contribution in [-0.4, -0.2) is 15.0 Å². The maximum absolute atomic E-state index is 5.76. The zero-order valence-electron chi connectivity index (χ0n) is 10.0. The minimum absolute atomic E-state index is 0.461. The summed E-state index contributed by atoms with van der Waals surface area (Å²) < 4.78 is 3.01. The summed E-state index contributed by atoms with van der Waals surface area (Å²) >= 11 is 3.44. The summed E-state index contributed by atoms with van der Waals surface area (Å²) in [6.45, 7) is 0.461. The van der Waals surface area contributed by atoms with Crippen molar-refractivity contribution in [3.05, 3.63) is 40.1 Å². The van der Waals surface area contributed by atoms with Crippen molar-refractivity contribution < 1.29 is 0 Å². The lowest BCUT2D eigenvalue weighted by Gasteiger charge is -2.26. The molecule has 5 heteroatoms. The van der Waals surface area contributed by atoms with Gasteiger partial charge in [0.05, 0.1) is 11.4 Å². The number of hydrogen-bond acceptors (Lipinski definition) is 3. The molecule has 2 N–H and O–H groups in total. The van der Waals surface area contributed by atoms with Gasteiger partial charge in [0.2, 0.25) is 0 Å². The average molecular weight is 307 g/mol. The predicted octanol–water partition coefficient (Wildman–Crippen LogP) is 2.76. The molecule has 3 rings (SSSR count). The molecule has 1 aliphatic rings. The van der Waals surface area contributed by atoms with Crippen molar-refractivity contribution in [1.29, 1.82) is 0 Å². The summed E-state index contributed by atoms with van der Waals surface area (Å²) in [6, 6.07) is 8.12. The van der Waals surface area contributed by atoms with Gasteiger partial charge in [-0.1, -0.05) is 27.6 Å². The van der Waals surface area contributed by atoms with E-state index in [9.17, 15) is 0 Å². The Morgan fingerprint density at radius 2 is 2.00 bits per heavy atom. The highest BCUT2D eigenvalue weighted by atomic mass is 79.9. The summed E-state index contributed by atoms with van der Waals surface area (Å²) in [5, 5.41) is 8.47. The Hall–Kier alpha value is -1.20. The molecule has 1 aromatic carbocycles. The topological polar surface area (TPSA) is 56.7 Å². The molecule has 0 spiro atoms. The van der Waals surface area contributed by atoms with Crippen LogP contribution in [0.4, 0.5) is 0 Å². The first-order valence-electron chi connectivity index (χ1n) is 6.20. The Kier molecular flexibility index (Phi) is 3.18. The number of aromatic nitrogens is 3. The molecule has 0 aliphatic heterocycles. The van der Waals surface area contributed by atoms with E-state index in [2.05, 4.69) is 26.2 Å². The van der Waals surface area contributed by atoms with Gasteiger partial charge < -0.3 is 5.73 Å². The van der Waals surface area contributed by atoms with E-state index >= 15 is 0 Å². The van der Waals surface area contributed by atoms with Crippen LogP contribution in [0, 0.1) is 0 Å². The van der Waals surface area contributed by atoms with Gasteiger partial charge in [-0.3, -0.25) is 0 Å². The first-order chi connectivity index (χ1) is 8.79. The second kappa shape index (κ2) is 4.82. The van der Waals surface area contributed by atoms with Crippen molar-refractivity contribution in [2.75, 3.05) is 0 Å². The highest BCUT2D eigenvalue weighted by Gasteiger charge is 2.27. The summed E-state index contributed by atoms with van der Waals surface area (Å²) in [6.07, 6.45) is 3.73. The fourth-order valence-corrected chi connectivity index (χ4v) is 2.59. The van der Waals surface area contributed by atoms with Crippen molar-refractivity contribution in [3.63, 3.8) is 0 Å². The monoisotopic (exact) mass is 306 g/mol. The SMILES string of the molecule is NCc1nnn(-c2ccc(Br)cc2)c1C1CCC1. The minimum atomic E-state index is 0.461. The van der Waals surface area contributed by atoms with Gasteiger partial charge >= 0.3 is 0 Å². The van der Waals surface area contributed by atoms with Crippen LogP contribution in [0.3, 0.4) is 0 Å². The molecule has 1 heterocycles. The fraction of sp³-hybridized carbons (Fsp3) is 0.385. The molecule has 1 aliphatic carbocycles. The predicted molar refractivity (Wildman–Crippen MR) is 73.5 cm³/mol. The van der Waals surface area contributed by atoms with Gasteiger partial charge in [-0.15, -0.1) is 5.10 Å². The van der Waals surface area contributed by atoms with E-state index in [1.165, 1.54) is 25.0 Å². The summed E-state index contributed by atoms with van der Waals surface area (Å²) in [7, 11) is 0. The van der Waals surface area contributed by atoms with Gasteiger partial charge in [-0.05, 0) is 37.1 Å². The molecule has 0 amide bonds. The maximum atomic E-state index is 5.76. The molecule has 0 saturated heterocycles. The molecule has 0 atom stereocenters. The highest BCUT2D eigenvalue weighted by molar-refractivity contribution is 9.10. The van der Waals surface area contributed by atoms with Crippen LogP contribution in [0.25, 0.3) is 5.69 Å². The molecule has 1 aromatic heterocycles. The molecule has 1 fully saturated rings. The molecular weight excluding hydrogens is 292 g/mol. The Morgan fingerprint density at radius 3 is 2.56 bits per heavy atom. The van der Waals surface area contributed by atoms with Crippen LogP contribution in [0.1, 0.15) is 36.6 Å². The second-order valence-corrected chi connectivity index (χ2v) is 5.56. The smallest absolute Gasteiger partial charge is 0.100 e. The molecule has 18 heavy (non-hydrogen) atoms. The van der Waals surface area contributed by atoms with Crippen LogP contribution >= 0.6 is 15.9 Å². The molecule has 94 valence electrons. The van der Waals surface area contributed by atoms with E-state index in [1.807, 2.05) is 28.9 Å². The number of rotatable bonds is 3. The lowest BCUT2D eigenvalue weighted by atomic mass is 9.82. The van der Waals surface area contributed by atoms with Gasteiger partial charge in [0.15, 0.2) is 0 Å². The lowest BCUT2D eigenvalue weighted by molar-refractivity contribution is 0.401. The molecule has 0 unspecified atom stereocenters. The first-order valence-corrected chi connectivity index (χ1v) is 6.99. The fourth-order valence-electron chi connectivity index (χ4n) is 2.33. The molecule has 2 aromatic rings. The number of nitrogens with zero attached hydrogens (tertiary/aromatic N) is 3. The lowest BCUT2D eigenvalue weighted by Crippen LogP contribution is -2.17. The van der Waals surface area contributed by atoms with Gasteiger partial charge in [-0.2, -0.15) is 0 Å². The number of halogens is 1. The number of benzene rings is 1. The Morgan fingerprint density at radius 1 is 1.28 bits per heavy atom. The van der Waals surface area contributed by atoms with Gasteiger partial charge in [0.25, 0.3) is 0 Å². The van der Waals surface area contributed by atoms with E-state index < -0.39 is 0 Å². The number of hydrogen-bond donors (Lipinski definition) is 1. The summed E-state index contributed by atoms with van der Waals surface area (Å²) in [4.78, 5) is 0. The summed E-state index contributed by atoms with van der Waals surface area (Å²) in [5.41, 5.74) is 8.94. The molecule has 0 bridgehead atoms. The van der Waals surface area contributed by atoms with Crippen molar-refractivity contribution in [3.8, 4) is 5.69 Å². The van der Waals surface area contributed by atoms with Gasteiger partial charge in [-0.25, -0.2) is 4.68 Å². The molecule has 4 nitrogen and oxygen atoms in total. The summed E-state index contributed by atoms with van der Waals surface area (Å²) in [5.74, 6) is 0.571. The zero-order valence-corrected chi connectivity index (χ0v) is 11.6. The van der Waals surface area contributed by atoms with Crippen molar-refractivity contribution >= 4 is 15.9 Å². The van der Waals surface area contributed by atoms with E-state index in [0.717, 1.165) is 15.9 Å². The Balaban J connectivity index is 2.05. The van der Waals surface area contributed by atoms with Crippen LogP contribution in [0.2, 0.25) is 0 Å². The quantitative estimate of drug-likeness (QED) is 0.948. The molecule has 1 saturated carbocycles. The van der Waals surface area contributed by atoms with Gasteiger partial charge in [0, 0.05) is 16.9 Å². The Bertz CT molecular complexity index is 543. The van der Waals surface area contributed by atoms with E-state index in [0.29, 0.717) is 12.5 Å². The largest absolute Gasteiger partial charge is 0.325 e. The number of nitrogens with two attached hydrogens (primary N) is 1. The second-order valence-electron chi connectivity index (χ2n) is 4.64. The van der Waals surface area contributed by atoms with Crippen LogP contribution in [0.5, 0.6) is 0 Å². The van der Waals surface area contributed by atoms with Crippen LogP contribution < -0.4 is 5.73 Å². The first kappa shape index (κ1) is 11.9. The van der Waals surface area contributed by atoms with Crippen LogP contribution in [-0.2, 0) is 6.54 Å². The third-order valence-electron chi connectivity index (χ3n) is 3.54. The molecular formula is C13H15BrN4. The minimum Gasteiger partial charge on any atom is -0.325 e. The van der Waals surface area contributed by atoms with Crippen LogP contribution in [0.15, 0.2) is 28.7 Å². The van der Waals surface area contributed by atoms with Crippen molar-refractivity contribution in [2.45, 2.75) is 31.7 Å². The van der Waals surface area contributed by atoms with Gasteiger partial charge in [0.1, 0.15) is 5.69 Å². The standard InChI is InChI=1S/C13H15BrN4/c14-10-4-6-11(7-5-10)18-13(9-2-1-3-9)12(8-15)16-17-18/h4-7,9H,1-3,8,15H2. The van der Waals surface area contributed by atoms with E-state index in [4.69, 9.17) is 5.73 Å².